The van der Waals surface area contributed by atoms with Gasteiger partial charge in [-0.1, -0.05) is 103 Å². The van der Waals surface area contributed by atoms with Gasteiger partial charge in [-0.25, -0.2) is 4.79 Å². The van der Waals surface area contributed by atoms with Crippen molar-refractivity contribution in [3.8, 4) is 17.2 Å². The first-order valence-electron chi connectivity index (χ1n) is 16.0. The van der Waals surface area contributed by atoms with Gasteiger partial charge in [-0.3, -0.25) is 4.99 Å². The van der Waals surface area contributed by atoms with Crippen LogP contribution in [0.5, 0.6) is 17.2 Å². The number of benzene rings is 2. The Bertz CT molecular complexity index is 973. The standard InChI is InChI=1S/C35H53NO5/c1-2-3-4-5-6-7-8-9-10-11-12-13-14-15-16-17-27-40-32-22-19-30(20-23-32)35(39)41-33-24-21-31(34(38)28-33)29-36-25-18-26-37/h19-24,28-29,37-38H,2-18,25-27H2,1H3. The van der Waals surface area contributed by atoms with Crippen LogP contribution in [-0.4, -0.2) is 42.2 Å². The van der Waals surface area contributed by atoms with E-state index in [0.29, 0.717) is 30.7 Å². The molecule has 0 aliphatic heterocycles. The summed E-state index contributed by atoms with van der Waals surface area (Å²) in [5.74, 6) is 0.466. The molecule has 0 aromatic heterocycles. The van der Waals surface area contributed by atoms with Crippen molar-refractivity contribution in [2.75, 3.05) is 19.8 Å². The lowest BCUT2D eigenvalue weighted by Crippen LogP contribution is -2.08. The first-order chi connectivity index (χ1) is 20.1. The largest absolute Gasteiger partial charge is 0.507 e. The highest BCUT2D eigenvalue weighted by atomic mass is 16.5. The molecule has 228 valence electrons. The minimum atomic E-state index is -0.502. The van der Waals surface area contributed by atoms with E-state index in [-0.39, 0.29) is 18.1 Å². The van der Waals surface area contributed by atoms with Crippen LogP contribution >= 0.6 is 0 Å². The molecule has 0 bridgehead atoms. The van der Waals surface area contributed by atoms with Gasteiger partial charge in [0.15, 0.2) is 0 Å². The summed E-state index contributed by atoms with van der Waals surface area (Å²) in [5.41, 5.74) is 0.933. The number of esters is 1. The fourth-order valence-electron chi connectivity index (χ4n) is 4.71. The molecule has 0 saturated carbocycles. The van der Waals surface area contributed by atoms with E-state index in [1.165, 1.54) is 109 Å². The predicted molar refractivity (Wildman–Crippen MR) is 169 cm³/mol. The Labute approximate surface area is 248 Å². The van der Waals surface area contributed by atoms with Crippen LogP contribution in [0.2, 0.25) is 0 Å². The Morgan fingerprint density at radius 3 is 1.80 bits per heavy atom. The molecule has 6 heteroatoms. The zero-order chi connectivity index (χ0) is 29.4. The first kappa shape index (κ1) is 34.3. The van der Waals surface area contributed by atoms with Gasteiger partial charge in [0.1, 0.15) is 17.2 Å². The molecule has 0 atom stereocenters. The number of aliphatic hydroxyl groups excluding tert-OH is 1. The van der Waals surface area contributed by atoms with Crippen LogP contribution in [0.25, 0.3) is 0 Å². The average Bonchev–Trinajstić information content (AvgIpc) is 2.98. The molecule has 41 heavy (non-hydrogen) atoms. The zero-order valence-corrected chi connectivity index (χ0v) is 25.3. The van der Waals surface area contributed by atoms with E-state index in [1.54, 1.807) is 36.4 Å². The number of aliphatic hydroxyl groups is 1. The third-order valence-electron chi connectivity index (χ3n) is 7.24. The minimum absolute atomic E-state index is 0.0270. The molecule has 6 nitrogen and oxygen atoms in total. The number of ether oxygens (including phenoxy) is 2. The number of rotatable bonds is 24. The number of aromatic hydroxyl groups is 1. The Kier molecular flexibility index (Phi) is 19.1. The summed E-state index contributed by atoms with van der Waals surface area (Å²) in [5, 5.41) is 19.0. The molecule has 0 amide bonds. The maximum Gasteiger partial charge on any atom is 0.343 e. The van der Waals surface area contributed by atoms with Gasteiger partial charge in [0, 0.05) is 31.0 Å². The van der Waals surface area contributed by atoms with Crippen LogP contribution in [0.1, 0.15) is 132 Å². The van der Waals surface area contributed by atoms with E-state index < -0.39 is 5.97 Å². The van der Waals surface area contributed by atoms with Crippen molar-refractivity contribution in [1.82, 2.24) is 0 Å². The molecular formula is C35H53NO5. The lowest BCUT2D eigenvalue weighted by atomic mass is 10.0. The Balaban J connectivity index is 1.50. The number of phenols is 1. The topological polar surface area (TPSA) is 88.4 Å². The second-order valence-electron chi connectivity index (χ2n) is 10.9. The number of hydrogen-bond donors (Lipinski definition) is 2. The van der Waals surface area contributed by atoms with Crippen molar-refractivity contribution in [1.29, 1.82) is 0 Å². The Hall–Kier alpha value is -2.86. The summed E-state index contributed by atoms with van der Waals surface area (Å²) in [6.07, 6.45) is 23.7. The van der Waals surface area contributed by atoms with Crippen molar-refractivity contribution < 1.29 is 24.5 Å². The van der Waals surface area contributed by atoms with Gasteiger partial charge >= 0.3 is 5.97 Å². The molecule has 0 aliphatic rings. The molecule has 0 radical (unpaired) electrons. The molecule has 2 rings (SSSR count). The molecular weight excluding hydrogens is 514 g/mol. The zero-order valence-electron chi connectivity index (χ0n) is 25.3. The van der Waals surface area contributed by atoms with Crippen LogP contribution in [-0.2, 0) is 0 Å². The molecule has 0 spiro atoms. The quantitative estimate of drug-likeness (QED) is 0.0572. The van der Waals surface area contributed by atoms with Crippen molar-refractivity contribution in [2.24, 2.45) is 4.99 Å². The van der Waals surface area contributed by atoms with E-state index in [9.17, 15) is 9.90 Å². The molecule has 0 aliphatic carbocycles. The fraction of sp³-hybridized carbons (Fsp3) is 0.600. The maximum atomic E-state index is 12.5. The molecule has 0 fully saturated rings. The molecule has 2 aromatic rings. The van der Waals surface area contributed by atoms with E-state index in [0.717, 1.165) is 12.2 Å². The van der Waals surface area contributed by atoms with E-state index in [2.05, 4.69) is 11.9 Å². The van der Waals surface area contributed by atoms with E-state index in [4.69, 9.17) is 14.6 Å². The lowest BCUT2D eigenvalue weighted by molar-refractivity contribution is 0.0734. The van der Waals surface area contributed by atoms with Gasteiger partial charge in [0.25, 0.3) is 0 Å². The molecule has 2 N–H and O–H groups in total. The second kappa shape index (κ2) is 22.8. The highest BCUT2D eigenvalue weighted by Gasteiger charge is 2.10. The van der Waals surface area contributed by atoms with Crippen molar-refractivity contribution in [2.45, 2.75) is 116 Å². The molecule has 0 unspecified atom stereocenters. The normalized spacial score (nSPS) is 11.3. The Morgan fingerprint density at radius 2 is 1.27 bits per heavy atom. The second-order valence-corrected chi connectivity index (χ2v) is 10.9. The number of phenolic OH excluding ortho intramolecular Hbond substituents is 1. The van der Waals surface area contributed by atoms with Crippen molar-refractivity contribution in [3.05, 3.63) is 53.6 Å². The third-order valence-corrected chi connectivity index (χ3v) is 7.24. The molecule has 0 saturated heterocycles. The van der Waals surface area contributed by atoms with Gasteiger partial charge in [0.2, 0.25) is 0 Å². The fourth-order valence-corrected chi connectivity index (χ4v) is 4.71. The van der Waals surface area contributed by atoms with Crippen LogP contribution in [0, 0.1) is 0 Å². The van der Waals surface area contributed by atoms with Crippen LogP contribution in [0.4, 0.5) is 0 Å². The van der Waals surface area contributed by atoms with Gasteiger partial charge in [0.05, 0.1) is 12.2 Å². The van der Waals surface area contributed by atoms with Gasteiger partial charge in [-0.2, -0.15) is 0 Å². The van der Waals surface area contributed by atoms with Crippen molar-refractivity contribution >= 4 is 12.2 Å². The van der Waals surface area contributed by atoms with Gasteiger partial charge in [-0.15, -0.1) is 0 Å². The Morgan fingerprint density at radius 1 is 0.732 bits per heavy atom. The average molecular weight is 568 g/mol. The summed E-state index contributed by atoms with van der Waals surface area (Å²) >= 11 is 0. The van der Waals surface area contributed by atoms with Crippen LogP contribution < -0.4 is 9.47 Å². The summed E-state index contributed by atoms with van der Waals surface area (Å²) in [4.78, 5) is 16.6. The number of unbranched alkanes of at least 4 members (excludes halogenated alkanes) is 15. The number of carbonyl (C=O) groups is 1. The smallest absolute Gasteiger partial charge is 0.343 e. The number of nitrogens with zero attached hydrogens (tertiary/aromatic N) is 1. The number of hydrogen-bond acceptors (Lipinski definition) is 6. The molecule has 2 aromatic carbocycles. The van der Waals surface area contributed by atoms with Crippen LogP contribution in [0.3, 0.4) is 0 Å². The monoisotopic (exact) mass is 567 g/mol. The van der Waals surface area contributed by atoms with Crippen LogP contribution in [0.15, 0.2) is 47.5 Å². The van der Waals surface area contributed by atoms with E-state index in [1.807, 2.05) is 0 Å². The van der Waals surface area contributed by atoms with Gasteiger partial charge in [-0.05, 0) is 49.2 Å². The molecule has 0 heterocycles. The van der Waals surface area contributed by atoms with Gasteiger partial charge < -0.3 is 19.7 Å². The van der Waals surface area contributed by atoms with E-state index >= 15 is 0 Å². The highest BCUT2D eigenvalue weighted by Crippen LogP contribution is 2.24. The summed E-state index contributed by atoms with van der Waals surface area (Å²) in [6, 6.07) is 11.6. The summed E-state index contributed by atoms with van der Waals surface area (Å²) < 4.78 is 11.2. The minimum Gasteiger partial charge on any atom is -0.507 e. The summed E-state index contributed by atoms with van der Waals surface area (Å²) in [6.45, 7) is 3.51. The third kappa shape index (κ3) is 16.2. The lowest BCUT2D eigenvalue weighted by Gasteiger charge is -2.08. The first-order valence-corrected chi connectivity index (χ1v) is 16.0. The summed E-state index contributed by atoms with van der Waals surface area (Å²) in [7, 11) is 0. The van der Waals surface area contributed by atoms with Crippen molar-refractivity contribution in [3.63, 3.8) is 0 Å². The SMILES string of the molecule is CCCCCCCCCCCCCCCCCCOc1ccc(C(=O)Oc2ccc(C=NCCCO)c(O)c2)cc1. The number of carbonyl (C=O) groups excluding carboxylic acids is 1. The predicted octanol–water partition coefficient (Wildman–Crippen LogP) is 9.05. The maximum absolute atomic E-state index is 12.5. The number of aliphatic imine (C=N–C) groups is 1. The highest BCUT2D eigenvalue weighted by molar-refractivity contribution is 5.91.